The molecule has 0 bridgehead atoms. The SMILES string of the molecule is Cc1ccc(NC(=O)O)cc1CCc1cnc(N)s1. The lowest BCUT2D eigenvalue weighted by Gasteiger charge is -2.08. The zero-order valence-corrected chi connectivity index (χ0v) is 11.3. The first-order chi connectivity index (χ1) is 9.04. The van der Waals surface area contributed by atoms with Crippen molar-refractivity contribution < 1.29 is 9.90 Å². The normalized spacial score (nSPS) is 10.4. The van der Waals surface area contributed by atoms with Gasteiger partial charge in [-0.1, -0.05) is 6.07 Å². The predicted molar refractivity (Wildman–Crippen MR) is 76.8 cm³/mol. The van der Waals surface area contributed by atoms with Crippen molar-refractivity contribution in [2.24, 2.45) is 0 Å². The molecule has 5 nitrogen and oxygen atoms in total. The van der Waals surface area contributed by atoms with E-state index in [0.717, 1.165) is 28.8 Å². The van der Waals surface area contributed by atoms with Crippen molar-refractivity contribution >= 4 is 28.2 Å². The van der Waals surface area contributed by atoms with Crippen LogP contribution in [0.15, 0.2) is 24.4 Å². The van der Waals surface area contributed by atoms with Crippen LogP contribution in [-0.4, -0.2) is 16.2 Å². The van der Waals surface area contributed by atoms with Gasteiger partial charge in [0.25, 0.3) is 0 Å². The molecule has 0 atom stereocenters. The zero-order chi connectivity index (χ0) is 13.8. The number of nitrogens with one attached hydrogen (secondary N) is 1. The molecule has 19 heavy (non-hydrogen) atoms. The summed E-state index contributed by atoms with van der Waals surface area (Å²) in [6.07, 6.45) is 2.42. The van der Waals surface area contributed by atoms with Gasteiger partial charge in [-0.3, -0.25) is 5.32 Å². The molecular weight excluding hydrogens is 262 g/mol. The Morgan fingerprint density at radius 3 is 2.89 bits per heavy atom. The molecule has 0 spiro atoms. The van der Waals surface area contributed by atoms with Gasteiger partial charge in [0.05, 0.1) is 0 Å². The second-order valence-corrected chi connectivity index (χ2v) is 5.38. The van der Waals surface area contributed by atoms with E-state index in [4.69, 9.17) is 10.8 Å². The molecule has 2 rings (SSSR count). The third-order valence-electron chi connectivity index (χ3n) is 2.81. The van der Waals surface area contributed by atoms with Gasteiger partial charge >= 0.3 is 6.09 Å². The third-order valence-corrected chi connectivity index (χ3v) is 3.70. The first-order valence-electron chi connectivity index (χ1n) is 5.84. The lowest BCUT2D eigenvalue weighted by molar-refractivity contribution is 0.210. The van der Waals surface area contributed by atoms with E-state index in [-0.39, 0.29) is 0 Å². The van der Waals surface area contributed by atoms with Crippen molar-refractivity contribution in [1.29, 1.82) is 0 Å². The van der Waals surface area contributed by atoms with Crippen molar-refractivity contribution in [2.75, 3.05) is 11.1 Å². The Morgan fingerprint density at radius 2 is 2.26 bits per heavy atom. The number of anilines is 2. The molecule has 0 unspecified atom stereocenters. The number of aromatic nitrogens is 1. The molecule has 0 fully saturated rings. The van der Waals surface area contributed by atoms with Gasteiger partial charge in [-0.15, -0.1) is 11.3 Å². The molecule has 1 aromatic carbocycles. The fourth-order valence-corrected chi connectivity index (χ4v) is 2.52. The van der Waals surface area contributed by atoms with Crippen LogP contribution in [0.4, 0.5) is 15.6 Å². The maximum Gasteiger partial charge on any atom is 0.409 e. The first kappa shape index (κ1) is 13.4. The van der Waals surface area contributed by atoms with E-state index >= 15 is 0 Å². The predicted octanol–water partition coefficient (Wildman–Crippen LogP) is 2.91. The molecule has 0 radical (unpaired) electrons. The number of carbonyl (C=O) groups is 1. The molecule has 0 saturated carbocycles. The maximum absolute atomic E-state index is 10.6. The second-order valence-electron chi connectivity index (χ2n) is 4.24. The summed E-state index contributed by atoms with van der Waals surface area (Å²) in [6.45, 7) is 2.01. The Balaban J connectivity index is 2.08. The minimum atomic E-state index is -1.05. The van der Waals surface area contributed by atoms with Crippen LogP contribution < -0.4 is 11.1 Å². The van der Waals surface area contributed by atoms with Crippen LogP contribution in [0.3, 0.4) is 0 Å². The lowest BCUT2D eigenvalue weighted by atomic mass is 10.0. The molecular formula is C13H15N3O2S. The molecule has 6 heteroatoms. The second kappa shape index (κ2) is 5.71. The number of nitrogen functional groups attached to an aromatic ring is 1. The van der Waals surface area contributed by atoms with Crippen LogP contribution in [0.5, 0.6) is 0 Å². The van der Waals surface area contributed by atoms with E-state index < -0.39 is 6.09 Å². The summed E-state index contributed by atoms with van der Waals surface area (Å²) < 4.78 is 0. The van der Waals surface area contributed by atoms with Crippen molar-refractivity contribution in [3.8, 4) is 0 Å². The molecule has 0 saturated heterocycles. The molecule has 4 N–H and O–H groups in total. The van der Waals surface area contributed by atoms with Gasteiger partial charge < -0.3 is 10.8 Å². The first-order valence-corrected chi connectivity index (χ1v) is 6.66. The minimum Gasteiger partial charge on any atom is -0.465 e. The summed E-state index contributed by atoms with van der Waals surface area (Å²) in [4.78, 5) is 15.8. The summed E-state index contributed by atoms with van der Waals surface area (Å²) in [5.74, 6) is 0. The monoisotopic (exact) mass is 277 g/mol. The highest BCUT2D eigenvalue weighted by atomic mass is 32.1. The van der Waals surface area contributed by atoms with Gasteiger partial charge in [0.15, 0.2) is 5.13 Å². The van der Waals surface area contributed by atoms with Crippen molar-refractivity contribution in [3.63, 3.8) is 0 Å². The fourth-order valence-electron chi connectivity index (χ4n) is 1.84. The van der Waals surface area contributed by atoms with Crippen molar-refractivity contribution in [1.82, 2.24) is 4.98 Å². The average Bonchev–Trinajstić information content (AvgIpc) is 2.75. The number of amides is 1. The quantitative estimate of drug-likeness (QED) is 0.801. The molecule has 0 aliphatic carbocycles. The van der Waals surface area contributed by atoms with Gasteiger partial charge in [0.2, 0.25) is 0 Å². The van der Waals surface area contributed by atoms with Gasteiger partial charge in [0.1, 0.15) is 0 Å². The van der Waals surface area contributed by atoms with Crippen LogP contribution in [0.2, 0.25) is 0 Å². The standard InChI is InChI=1S/C13H15N3O2S/c1-8-2-4-10(16-13(17)18)6-9(8)3-5-11-7-15-12(14)19-11/h2,4,6-7,16H,3,5H2,1H3,(H2,14,15)(H,17,18). The Bertz CT molecular complexity index is 595. The van der Waals surface area contributed by atoms with E-state index in [1.54, 1.807) is 12.3 Å². The van der Waals surface area contributed by atoms with E-state index in [9.17, 15) is 4.79 Å². The Morgan fingerprint density at radius 1 is 1.47 bits per heavy atom. The summed E-state index contributed by atoms with van der Waals surface area (Å²) in [7, 11) is 0. The number of nitrogens with two attached hydrogens (primary N) is 1. The highest BCUT2D eigenvalue weighted by Crippen LogP contribution is 2.20. The number of aryl methyl sites for hydroxylation is 3. The minimum absolute atomic E-state index is 0.577. The number of hydrogen-bond donors (Lipinski definition) is 3. The largest absolute Gasteiger partial charge is 0.465 e. The third kappa shape index (κ3) is 3.69. The van der Waals surface area contributed by atoms with Crippen LogP contribution in [0, 0.1) is 6.92 Å². The molecule has 1 amide bonds. The maximum atomic E-state index is 10.6. The van der Waals surface area contributed by atoms with Gasteiger partial charge in [-0.25, -0.2) is 9.78 Å². The van der Waals surface area contributed by atoms with Crippen LogP contribution in [0.25, 0.3) is 0 Å². The number of carboxylic acid groups (broad SMARTS) is 1. The van der Waals surface area contributed by atoms with Gasteiger partial charge in [-0.05, 0) is 43.0 Å². The number of benzene rings is 1. The summed E-state index contributed by atoms with van der Waals surface area (Å²) in [5.41, 5.74) is 8.45. The topological polar surface area (TPSA) is 88.2 Å². The van der Waals surface area contributed by atoms with Crippen molar-refractivity contribution in [2.45, 2.75) is 19.8 Å². The number of thiazole rings is 1. The van der Waals surface area contributed by atoms with Crippen molar-refractivity contribution in [3.05, 3.63) is 40.4 Å². The van der Waals surface area contributed by atoms with Gasteiger partial charge in [0, 0.05) is 16.8 Å². The van der Waals surface area contributed by atoms with E-state index in [1.165, 1.54) is 11.3 Å². The van der Waals surface area contributed by atoms with Crippen LogP contribution in [0.1, 0.15) is 16.0 Å². The molecule has 2 aromatic rings. The Labute approximate surface area is 115 Å². The number of hydrogen-bond acceptors (Lipinski definition) is 4. The van der Waals surface area contributed by atoms with Crippen LogP contribution >= 0.6 is 11.3 Å². The molecule has 100 valence electrons. The summed E-state index contributed by atoms with van der Waals surface area (Å²) in [5, 5.41) is 11.6. The number of rotatable bonds is 4. The smallest absolute Gasteiger partial charge is 0.409 e. The Kier molecular flexibility index (Phi) is 4.01. The number of nitrogens with zero attached hydrogens (tertiary/aromatic N) is 1. The van der Waals surface area contributed by atoms with Gasteiger partial charge in [-0.2, -0.15) is 0 Å². The molecule has 1 aromatic heterocycles. The average molecular weight is 277 g/mol. The molecule has 1 heterocycles. The molecule has 0 aliphatic rings. The molecule has 0 aliphatic heterocycles. The fraction of sp³-hybridized carbons (Fsp3) is 0.231. The zero-order valence-electron chi connectivity index (χ0n) is 10.5. The highest BCUT2D eigenvalue weighted by Gasteiger charge is 2.05. The lowest BCUT2D eigenvalue weighted by Crippen LogP contribution is -2.07. The summed E-state index contributed by atoms with van der Waals surface area (Å²) >= 11 is 1.48. The van der Waals surface area contributed by atoms with E-state index in [0.29, 0.717) is 10.8 Å². The highest BCUT2D eigenvalue weighted by molar-refractivity contribution is 7.15. The van der Waals surface area contributed by atoms with Crippen LogP contribution in [-0.2, 0) is 12.8 Å². The Hall–Kier alpha value is -2.08. The van der Waals surface area contributed by atoms with E-state index in [1.807, 2.05) is 19.1 Å². The van der Waals surface area contributed by atoms with E-state index in [2.05, 4.69) is 10.3 Å². The summed E-state index contributed by atoms with van der Waals surface area (Å²) in [6, 6.07) is 5.55.